The van der Waals surface area contributed by atoms with Gasteiger partial charge in [-0.2, -0.15) is 0 Å². The Hall–Kier alpha value is -0.0500. The van der Waals surface area contributed by atoms with Crippen LogP contribution in [0.2, 0.25) is 5.02 Å². The summed E-state index contributed by atoms with van der Waals surface area (Å²) in [4.78, 5) is 1.10. The normalized spacial score (nSPS) is 14.6. The van der Waals surface area contributed by atoms with Crippen LogP contribution in [0.15, 0.2) is 5.38 Å². The maximum atomic E-state index is 6.14. The van der Waals surface area contributed by atoms with Crippen LogP contribution < -0.4 is 5.73 Å². The van der Waals surface area contributed by atoms with E-state index in [1.807, 2.05) is 6.92 Å². The molecule has 1 rings (SSSR count). The fraction of sp³-hybridized carbons (Fsp3) is 0.600. The van der Waals surface area contributed by atoms with Crippen LogP contribution in [0.1, 0.15) is 37.3 Å². The quantitative estimate of drug-likeness (QED) is 0.762. The zero-order chi connectivity index (χ0) is 10.2. The topological polar surface area (TPSA) is 26.0 Å². The molecule has 0 saturated carbocycles. The second kappa shape index (κ2) is 3.60. The lowest BCUT2D eigenvalue weighted by molar-refractivity contribution is 0.331. The molecule has 0 fully saturated rings. The first kappa shape index (κ1) is 11.0. The van der Waals surface area contributed by atoms with Gasteiger partial charge in [-0.15, -0.1) is 11.3 Å². The first-order chi connectivity index (χ1) is 5.84. The largest absolute Gasteiger partial charge is 0.323 e. The average molecular weight is 218 g/mol. The van der Waals surface area contributed by atoms with Crippen molar-refractivity contribution < 1.29 is 0 Å². The van der Waals surface area contributed by atoms with Gasteiger partial charge in [0, 0.05) is 10.9 Å². The highest BCUT2D eigenvalue weighted by atomic mass is 35.5. The van der Waals surface area contributed by atoms with Crippen LogP contribution in [0.25, 0.3) is 0 Å². The minimum atomic E-state index is 0.0266. The summed E-state index contributed by atoms with van der Waals surface area (Å²) in [5.41, 5.74) is 7.31. The molecule has 0 saturated heterocycles. The molecular weight excluding hydrogens is 202 g/mol. The van der Waals surface area contributed by atoms with Gasteiger partial charge in [-0.25, -0.2) is 0 Å². The summed E-state index contributed by atoms with van der Waals surface area (Å²) < 4.78 is 0. The zero-order valence-electron chi connectivity index (χ0n) is 8.52. The molecule has 0 aliphatic rings. The Kier molecular flexibility index (Phi) is 3.05. The summed E-state index contributed by atoms with van der Waals surface area (Å²) in [6, 6.07) is 0.0266. The van der Waals surface area contributed by atoms with Gasteiger partial charge in [0.25, 0.3) is 0 Å². The Labute approximate surface area is 88.9 Å². The van der Waals surface area contributed by atoms with Crippen LogP contribution in [0.4, 0.5) is 0 Å². The summed E-state index contributed by atoms with van der Waals surface area (Å²) in [6.07, 6.45) is 0. The lowest BCUT2D eigenvalue weighted by atomic mass is 9.86. The number of hydrogen-bond donors (Lipinski definition) is 1. The van der Waals surface area contributed by atoms with Crippen LogP contribution in [0.5, 0.6) is 0 Å². The minimum Gasteiger partial charge on any atom is -0.323 e. The van der Waals surface area contributed by atoms with E-state index >= 15 is 0 Å². The van der Waals surface area contributed by atoms with Gasteiger partial charge in [0.15, 0.2) is 0 Å². The van der Waals surface area contributed by atoms with Crippen molar-refractivity contribution in [3.05, 3.63) is 20.8 Å². The van der Waals surface area contributed by atoms with E-state index in [2.05, 4.69) is 26.2 Å². The van der Waals surface area contributed by atoms with E-state index in [1.165, 1.54) is 0 Å². The summed E-state index contributed by atoms with van der Waals surface area (Å²) in [6.45, 7) is 8.40. The molecule has 1 atom stereocenters. The van der Waals surface area contributed by atoms with Crippen molar-refractivity contribution in [2.45, 2.75) is 33.7 Å². The summed E-state index contributed by atoms with van der Waals surface area (Å²) >= 11 is 7.79. The molecule has 1 heterocycles. The van der Waals surface area contributed by atoms with Crippen LogP contribution in [-0.2, 0) is 0 Å². The molecule has 0 aliphatic heterocycles. The van der Waals surface area contributed by atoms with E-state index in [0.717, 1.165) is 15.5 Å². The summed E-state index contributed by atoms with van der Waals surface area (Å²) in [7, 11) is 0. The molecule has 1 aromatic heterocycles. The maximum Gasteiger partial charge on any atom is 0.0590 e. The van der Waals surface area contributed by atoms with Crippen molar-refractivity contribution in [3.8, 4) is 0 Å². The van der Waals surface area contributed by atoms with E-state index in [1.54, 1.807) is 11.3 Å². The first-order valence-corrected chi connectivity index (χ1v) is 5.59. The minimum absolute atomic E-state index is 0.0266. The highest BCUT2D eigenvalue weighted by Crippen LogP contribution is 2.39. The lowest BCUT2D eigenvalue weighted by Gasteiger charge is -2.26. The molecule has 0 radical (unpaired) electrons. The van der Waals surface area contributed by atoms with Crippen molar-refractivity contribution in [3.63, 3.8) is 0 Å². The molecule has 2 N–H and O–H groups in total. The van der Waals surface area contributed by atoms with Crippen molar-refractivity contribution in [2.24, 2.45) is 11.1 Å². The third-order valence-corrected chi connectivity index (χ3v) is 3.94. The van der Waals surface area contributed by atoms with Crippen molar-refractivity contribution in [1.29, 1.82) is 0 Å². The molecule has 13 heavy (non-hydrogen) atoms. The van der Waals surface area contributed by atoms with Crippen LogP contribution >= 0.6 is 22.9 Å². The second-order valence-electron chi connectivity index (χ2n) is 4.44. The molecule has 0 spiro atoms. The predicted molar refractivity (Wildman–Crippen MR) is 60.4 cm³/mol. The average Bonchev–Trinajstić information content (AvgIpc) is 2.30. The molecule has 74 valence electrons. The number of nitrogens with two attached hydrogens (primary N) is 1. The molecule has 0 aliphatic carbocycles. The van der Waals surface area contributed by atoms with Gasteiger partial charge < -0.3 is 5.73 Å². The van der Waals surface area contributed by atoms with Gasteiger partial charge in [0.1, 0.15) is 0 Å². The van der Waals surface area contributed by atoms with Gasteiger partial charge >= 0.3 is 0 Å². The number of halogens is 1. The molecular formula is C10H16ClNS. The Bertz CT molecular complexity index is 298. The van der Waals surface area contributed by atoms with E-state index < -0.39 is 0 Å². The zero-order valence-corrected chi connectivity index (χ0v) is 10.1. The molecule has 1 aromatic rings. The number of aryl methyl sites for hydroxylation is 1. The van der Waals surface area contributed by atoms with E-state index in [-0.39, 0.29) is 11.5 Å². The monoisotopic (exact) mass is 217 g/mol. The fourth-order valence-corrected chi connectivity index (χ4v) is 2.61. The third kappa shape index (κ3) is 2.25. The van der Waals surface area contributed by atoms with Crippen LogP contribution in [0.3, 0.4) is 0 Å². The predicted octanol–water partition coefficient (Wildman–Crippen LogP) is 3.76. The van der Waals surface area contributed by atoms with Gasteiger partial charge in [0.2, 0.25) is 0 Å². The van der Waals surface area contributed by atoms with E-state index in [4.69, 9.17) is 17.3 Å². The van der Waals surface area contributed by atoms with Crippen molar-refractivity contribution in [1.82, 2.24) is 0 Å². The second-order valence-corrected chi connectivity index (χ2v) is 5.73. The van der Waals surface area contributed by atoms with Crippen molar-refractivity contribution >= 4 is 22.9 Å². The fourth-order valence-electron chi connectivity index (χ4n) is 1.05. The molecule has 3 heteroatoms. The van der Waals surface area contributed by atoms with Crippen LogP contribution in [0, 0.1) is 12.3 Å². The molecule has 0 amide bonds. The number of rotatable bonds is 1. The first-order valence-electron chi connectivity index (χ1n) is 4.33. The highest BCUT2D eigenvalue weighted by molar-refractivity contribution is 7.10. The molecule has 0 bridgehead atoms. The smallest absolute Gasteiger partial charge is 0.0590 e. The molecule has 1 unspecified atom stereocenters. The third-order valence-electron chi connectivity index (χ3n) is 2.14. The van der Waals surface area contributed by atoms with Gasteiger partial charge in [-0.05, 0) is 23.3 Å². The lowest BCUT2D eigenvalue weighted by Crippen LogP contribution is -2.25. The summed E-state index contributed by atoms with van der Waals surface area (Å²) in [5.74, 6) is 0. The van der Waals surface area contributed by atoms with Crippen molar-refractivity contribution in [2.75, 3.05) is 0 Å². The standard InChI is InChI=1S/C10H16ClNS/c1-6-5-13-8(7(6)11)9(12)10(2,3)4/h5,9H,12H2,1-4H3. The SMILES string of the molecule is Cc1csc(C(N)C(C)(C)C)c1Cl. The highest BCUT2D eigenvalue weighted by Gasteiger charge is 2.25. The summed E-state index contributed by atoms with van der Waals surface area (Å²) in [5, 5.41) is 2.90. The van der Waals surface area contributed by atoms with Gasteiger partial charge in [0.05, 0.1) is 5.02 Å². The Morgan fingerprint density at radius 3 is 2.31 bits per heavy atom. The van der Waals surface area contributed by atoms with Gasteiger partial charge in [-0.3, -0.25) is 0 Å². The maximum absolute atomic E-state index is 6.14. The molecule has 1 nitrogen and oxygen atoms in total. The van der Waals surface area contributed by atoms with E-state index in [9.17, 15) is 0 Å². The Morgan fingerprint density at radius 2 is 2.00 bits per heavy atom. The Morgan fingerprint density at radius 1 is 1.46 bits per heavy atom. The van der Waals surface area contributed by atoms with Crippen LogP contribution in [-0.4, -0.2) is 0 Å². The van der Waals surface area contributed by atoms with Gasteiger partial charge in [-0.1, -0.05) is 32.4 Å². The number of hydrogen-bond acceptors (Lipinski definition) is 2. The molecule has 0 aromatic carbocycles. The Balaban J connectivity index is 3.02. The van der Waals surface area contributed by atoms with E-state index in [0.29, 0.717) is 0 Å². The number of thiophene rings is 1.